The fourth-order valence-electron chi connectivity index (χ4n) is 1.87. The van der Waals surface area contributed by atoms with E-state index in [4.69, 9.17) is 0 Å². The van der Waals surface area contributed by atoms with Crippen molar-refractivity contribution in [2.75, 3.05) is 0 Å². The summed E-state index contributed by atoms with van der Waals surface area (Å²) in [7, 11) is 0. The van der Waals surface area contributed by atoms with Crippen LogP contribution in [0, 0.1) is 0 Å². The summed E-state index contributed by atoms with van der Waals surface area (Å²) in [5.74, 6) is 1.05. The third kappa shape index (κ3) is 3.67. The minimum atomic E-state index is 0.401. The van der Waals surface area contributed by atoms with Crippen LogP contribution in [-0.4, -0.2) is 25.4 Å². The molecule has 2 aromatic heterocycles. The molecule has 0 aliphatic rings. The van der Waals surface area contributed by atoms with Gasteiger partial charge < -0.3 is 9.88 Å². The van der Waals surface area contributed by atoms with Crippen LogP contribution >= 0.6 is 0 Å². The second-order valence-electron chi connectivity index (χ2n) is 5.39. The lowest BCUT2D eigenvalue weighted by Gasteiger charge is -2.10. The summed E-state index contributed by atoms with van der Waals surface area (Å²) in [5, 5.41) is 7.96. The fraction of sp³-hybridized carbons (Fsp3) is 0.571. The normalized spacial score (nSPS) is 11.7. The Bertz CT molecular complexity index is 509. The monoisotopic (exact) mass is 261 g/mol. The van der Waals surface area contributed by atoms with Gasteiger partial charge in [-0.1, -0.05) is 13.8 Å². The lowest BCUT2D eigenvalue weighted by Crippen LogP contribution is -2.24. The zero-order valence-electron chi connectivity index (χ0n) is 12.2. The van der Waals surface area contributed by atoms with Crippen LogP contribution in [0.25, 0.3) is 0 Å². The van der Waals surface area contributed by atoms with Gasteiger partial charge in [-0.2, -0.15) is 5.10 Å². The molecule has 104 valence electrons. The second-order valence-corrected chi connectivity index (χ2v) is 5.39. The molecule has 0 radical (unpaired) electrons. The molecule has 2 heterocycles. The van der Waals surface area contributed by atoms with Crippen LogP contribution in [-0.2, 0) is 13.1 Å². The van der Waals surface area contributed by atoms with Gasteiger partial charge in [-0.05, 0) is 19.9 Å². The van der Waals surface area contributed by atoms with Gasteiger partial charge in [0.2, 0.25) is 0 Å². The minimum absolute atomic E-state index is 0.401. The highest BCUT2D eigenvalue weighted by atomic mass is 15.3. The van der Waals surface area contributed by atoms with Gasteiger partial charge in [0.25, 0.3) is 0 Å². The number of hydrogen-bond donors (Lipinski definition) is 1. The number of nitrogens with zero attached hydrogens (tertiary/aromatic N) is 4. The molecule has 0 spiro atoms. The van der Waals surface area contributed by atoms with E-state index in [1.165, 1.54) is 0 Å². The Hall–Kier alpha value is -1.62. The van der Waals surface area contributed by atoms with Crippen molar-refractivity contribution in [2.24, 2.45) is 0 Å². The molecule has 0 aliphatic heterocycles. The first kappa shape index (κ1) is 13.8. The minimum Gasteiger partial charge on any atom is -0.328 e. The summed E-state index contributed by atoms with van der Waals surface area (Å²) in [4.78, 5) is 4.39. The molecule has 0 aromatic carbocycles. The highest BCUT2D eigenvalue weighted by molar-refractivity contribution is 5.03. The standard InChI is InChI=1S/C14H23N5/c1-11(2)16-9-14-15-6-8-18(14)10-13-5-7-19(17-13)12(3)4/h5-8,11-12,16H,9-10H2,1-4H3. The van der Waals surface area contributed by atoms with Gasteiger partial charge in [-0.15, -0.1) is 0 Å². The predicted octanol–water partition coefficient (Wildman–Crippen LogP) is 2.21. The van der Waals surface area contributed by atoms with Crippen LogP contribution in [0.1, 0.15) is 45.3 Å². The van der Waals surface area contributed by atoms with Crippen molar-refractivity contribution in [3.05, 3.63) is 36.2 Å². The summed E-state index contributed by atoms with van der Waals surface area (Å²) in [6, 6.07) is 2.93. The quantitative estimate of drug-likeness (QED) is 0.867. The summed E-state index contributed by atoms with van der Waals surface area (Å²) < 4.78 is 4.13. The number of hydrogen-bond acceptors (Lipinski definition) is 3. The van der Waals surface area contributed by atoms with E-state index in [1.54, 1.807) is 0 Å². The van der Waals surface area contributed by atoms with E-state index in [1.807, 2.05) is 23.3 Å². The molecular weight excluding hydrogens is 238 g/mol. The molecule has 0 fully saturated rings. The maximum absolute atomic E-state index is 4.57. The Morgan fingerprint density at radius 3 is 2.63 bits per heavy atom. The SMILES string of the molecule is CC(C)NCc1nccn1Cc1ccn(C(C)C)n1. The average Bonchev–Trinajstić information content (AvgIpc) is 2.96. The Morgan fingerprint density at radius 1 is 1.21 bits per heavy atom. The van der Waals surface area contributed by atoms with E-state index in [0.29, 0.717) is 12.1 Å². The molecule has 19 heavy (non-hydrogen) atoms. The number of aromatic nitrogens is 4. The molecule has 5 nitrogen and oxygen atoms in total. The largest absolute Gasteiger partial charge is 0.328 e. The van der Waals surface area contributed by atoms with Crippen LogP contribution in [0.4, 0.5) is 0 Å². The van der Waals surface area contributed by atoms with Gasteiger partial charge in [0.1, 0.15) is 5.82 Å². The van der Waals surface area contributed by atoms with E-state index in [0.717, 1.165) is 24.6 Å². The molecule has 0 saturated carbocycles. The van der Waals surface area contributed by atoms with Crippen molar-refractivity contribution in [3.8, 4) is 0 Å². The fourth-order valence-corrected chi connectivity index (χ4v) is 1.87. The van der Waals surface area contributed by atoms with Crippen LogP contribution in [0.5, 0.6) is 0 Å². The lowest BCUT2D eigenvalue weighted by molar-refractivity contribution is 0.519. The highest BCUT2D eigenvalue weighted by Gasteiger charge is 2.07. The van der Waals surface area contributed by atoms with E-state index in [9.17, 15) is 0 Å². The summed E-state index contributed by atoms with van der Waals surface area (Å²) in [6.07, 6.45) is 5.88. The van der Waals surface area contributed by atoms with Crippen LogP contribution < -0.4 is 5.32 Å². The molecule has 5 heteroatoms. The van der Waals surface area contributed by atoms with Crippen molar-refractivity contribution in [1.82, 2.24) is 24.6 Å². The van der Waals surface area contributed by atoms with Gasteiger partial charge >= 0.3 is 0 Å². The topological polar surface area (TPSA) is 47.7 Å². The Kier molecular flexibility index (Phi) is 4.37. The third-order valence-electron chi connectivity index (χ3n) is 3.00. The first-order valence-corrected chi connectivity index (χ1v) is 6.83. The zero-order chi connectivity index (χ0) is 13.8. The Balaban J connectivity index is 2.04. The molecule has 0 saturated heterocycles. The lowest BCUT2D eigenvalue weighted by atomic mass is 10.4. The number of imidazole rings is 1. The average molecular weight is 261 g/mol. The van der Waals surface area contributed by atoms with Crippen molar-refractivity contribution in [3.63, 3.8) is 0 Å². The molecule has 0 aliphatic carbocycles. The molecule has 1 N–H and O–H groups in total. The first-order chi connectivity index (χ1) is 9.06. The van der Waals surface area contributed by atoms with E-state index in [-0.39, 0.29) is 0 Å². The first-order valence-electron chi connectivity index (χ1n) is 6.83. The van der Waals surface area contributed by atoms with Gasteiger partial charge in [-0.3, -0.25) is 4.68 Å². The number of nitrogens with one attached hydrogen (secondary N) is 1. The van der Waals surface area contributed by atoms with E-state index in [2.05, 4.69) is 53.7 Å². The molecule has 2 rings (SSSR count). The summed E-state index contributed by atoms with van der Waals surface area (Å²) >= 11 is 0. The number of rotatable bonds is 6. The molecule has 0 atom stereocenters. The smallest absolute Gasteiger partial charge is 0.123 e. The molecular formula is C14H23N5. The van der Waals surface area contributed by atoms with Crippen molar-refractivity contribution < 1.29 is 0 Å². The molecule has 0 unspecified atom stereocenters. The maximum Gasteiger partial charge on any atom is 0.123 e. The van der Waals surface area contributed by atoms with Gasteiger partial charge in [0.05, 0.1) is 18.8 Å². The molecule has 0 bridgehead atoms. The predicted molar refractivity (Wildman–Crippen MR) is 75.9 cm³/mol. The Morgan fingerprint density at radius 2 is 2.00 bits per heavy atom. The Labute approximate surface area is 114 Å². The maximum atomic E-state index is 4.57. The van der Waals surface area contributed by atoms with E-state index >= 15 is 0 Å². The van der Waals surface area contributed by atoms with Crippen LogP contribution in [0.3, 0.4) is 0 Å². The van der Waals surface area contributed by atoms with Crippen molar-refractivity contribution in [2.45, 2.75) is 52.9 Å². The van der Waals surface area contributed by atoms with Crippen molar-refractivity contribution >= 4 is 0 Å². The van der Waals surface area contributed by atoms with Crippen molar-refractivity contribution in [1.29, 1.82) is 0 Å². The second kappa shape index (κ2) is 6.02. The highest BCUT2D eigenvalue weighted by Crippen LogP contribution is 2.07. The van der Waals surface area contributed by atoms with Crippen LogP contribution in [0.2, 0.25) is 0 Å². The molecule has 2 aromatic rings. The van der Waals surface area contributed by atoms with Gasteiger partial charge in [0.15, 0.2) is 0 Å². The van der Waals surface area contributed by atoms with Crippen LogP contribution in [0.15, 0.2) is 24.7 Å². The zero-order valence-corrected chi connectivity index (χ0v) is 12.2. The van der Waals surface area contributed by atoms with Gasteiger partial charge in [0, 0.05) is 30.7 Å². The summed E-state index contributed by atoms with van der Waals surface area (Å²) in [6.45, 7) is 10.1. The van der Waals surface area contributed by atoms with Gasteiger partial charge in [-0.25, -0.2) is 4.98 Å². The molecule has 0 amide bonds. The summed E-state index contributed by atoms with van der Waals surface area (Å²) in [5.41, 5.74) is 1.07. The van der Waals surface area contributed by atoms with E-state index < -0.39 is 0 Å². The third-order valence-corrected chi connectivity index (χ3v) is 3.00.